The number of piperidine rings is 2. The summed E-state index contributed by atoms with van der Waals surface area (Å²) in [6.07, 6.45) is 6.66. The van der Waals surface area contributed by atoms with Gasteiger partial charge in [0.2, 0.25) is 0 Å². The van der Waals surface area contributed by atoms with Crippen molar-refractivity contribution in [1.29, 1.82) is 0 Å². The van der Waals surface area contributed by atoms with Gasteiger partial charge in [-0.3, -0.25) is 0 Å². The molecule has 1 N–H and O–H groups in total. The molecule has 0 bridgehead atoms. The van der Waals surface area contributed by atoms with Crippen LogP contribution >= 0.6 is 45.9 Å². The van der Waals surface area contributed by atoms with Gasteiger partial charge in [0.25, 0.3) is 0 Å². The highest BCUT2D eigenvalue weighted by molar-refractivity contribution is 7.14. The third-order valence-electron chi connectivity index (χ3n) is 6.74. The van der Waals surface area contributed by atoms with Crippen LogP contribution in [0, 0.1) is 11.8 Å². The van der Waals surface area contributed by atoms with Crippen LogP contribution in [0.2, 0.25) is 10.0 Å². The number of carboxylic acid groups (broad SMARTS) is 1. The number of carbonyl (C=O) groups excluding carboxylic acids is 1. The molecule has 0 radical (unpaired) electrons. The maximum Gasteiger partial charge on any atom is 0.348 e. The van der Waals surface area contributed by atoms with Crippen LogP contribution in [0.25, 0.3) is 0 Å². The van der Waals surface area contributed by atoms with Gasteiger partial charge in [-0.25, -0.2) is 9.59 Å². The minimum Gasteiger partial charge on any atom is -0.477 e. The Bertz CT molecular complexity index is 994. The van der Waals surface area contributed by atoms with Gasteiger partial charge in [-0.15, -0.1) is 22.7 Å². The Hall–Kier alpha value is -1.16. The summed E-state index contributed by atoms with van der Waals surface area (Å²) in [6.45, 7) is 4.55. The molecule has 35 heavy (non-hydrogen) atoms. The largest absolute Gasteiger partial charge is 0.477 e. The van der Waals surface area contributed by atoms with E-state index >= 15 is 0 Å². The summed E-state index contributed by atoms with van der Waals surface area (Å²) in [4.78, 5) is 30.1. The lowest BCUT2D eigenvalue weighted by Gasteiger charge is -2.28. The maximum absolute atomic E-state index is 11.4. The minimum absolute atomic E-state index is 0.295. The van der Waals surface area contributed by atoms with E-state index in [4.69, 9.17) is 33.0 Å². The number of thiophene rings is 2. The summed E-state index contributed by atoms with van der Waals surface area (Å²) >= 11 is 15.0. The zero-order chi connectivity index (χ0) is 25.5. The zero-order valence-corrected chi connectivity index (χ0v) is 23.7. The Kier molecular flexibility index (Phi) is 10.9. The smallest absolute Gasteiger partial charge is 0.348 e. The van der Waals surface area contributed by atoms with Crippen LogP contribution < -0.4 is 0 Å². The molecule has 4 rings (SSSR count). The molecule has 0 amide bonds. The molecule has 2 aromatic heterocycles. The second-order valence-corrected chi connectivity index (χ2v) is 12.5. The average molecular weight is 562 g/mol. The fourth-order valence-electron chi connectivity index (χ4n) is 4.45. The van der Waals surface area contributed by atoms with Crippen molar-refractivity contribution >= 4 is 57.8 Å². The number of aromatic carboxylic acids is 1. The number of hydrogen-bond donors (Lipinski definition) is 1. The highest BCUT2D eigenvalue weighted by Crippen LogP contribution is 2.33. The number of methoxy groups -OCH3 is 1. The van der Waals surface area contributed by atoms with Crippen molar-refractivity contribution in [2.45, 2.75) is 38.5 Å². The van der Waals surface area contributed by atoms with Crippen LogP contribution in [-0.4, -0.2) is 74.2 Å². The van der Waals surface area contributed by atoms with Gasteiger partial charge in [-0.1, -0.05) is 23.2 Å². The summed E-state index contributed by atoms with van der Waals surface area (Å²) in [5.74, 6) is 0.148. The average Bonchev–Trinajstić information content (AvgIpc) is 3.39. The third-order valence-corrected chi connectivity index (χ3v) is 9.92. The Morgan fingerprint density at radius 3 is 1.66 bits per heavy atom. The van der Waals surface area contributed by atoms with Gasteiger partial charge in [0, 0.05) is 9.75 Å². The standard InChI is InChI=1S/C13H18ClNO2S.C12H16ClNO2S/c1-15-5-3-9(4-6-15)7-11-10(14)8-12(18-11)13(16)17-2;1-14-4-2-8(3-5-14)6-10-9(13)7-11(17-10)12(15)16/h8-9H,3-7H2,1-2H3;7-8H,2-6H2,1H3,(H,15,16). The fraction of sp³-hybridized carbons (Fsp3) is 0.600. The van der Waals surface area contributed by atoms with E-state index in [1.54, 1.807) is 12.1 Å². The van der Waals surface area contributed by atoms with E-state index < -0.39 is 5.97 Å². The first-order chi connectivity index (χ1) is 16.7. The second-order valence-electron chi connectivity index (χ2n) is 9.46. The number of carbonyl (C=O) groups is 2. The molecule has 0 aliphatic carbocycles. The Labute approximate surface area is 225 Å². The van der Waals surface area contributed by atoms with Crippen LogP contribution in [0.1, 0.15) is 54.8 Å². The van der Waals surface area contributed by atoms with Crippen molar-refractivity contribution < 1.29 is 19.4 Å². The molecule has 6 nitrogen and oxygen atoms in total. The summed E-state index contributed by atoms with van der Waals surface area (Å²) in [5, 5.41) is 10.2. The Morgan fingerprint density at radius 2 is 1.29 bits per heavy atom. The van der Waals surface area contributed by atoms with Crippen LogP contribution in [0.4, 0.5) is 0 Å². The molecule has 0 aromatic carbocycles. The van der Waals surface area contributed by atoms with Crippen LogP contribution in [0.3, 0.4) is 0 Å². The number of likely N-dealkylation sites (tertiary alicyclic amines) is 2. The first kappa shape index (κ1) is 28.4. The van der Waals surface area contributed by atoms with E-state index in [2.05, 4.69) is 23.9 Å². The molecule has 194 valence electrons. The summed E-state index contributed by atoms with van der Waals surface area (Å²) in [7, 11) is 5.69. The number of ether oxygens (including phenoxy) is 1. The molecule has 0 spiro atoms. The van der Waals surface area contributed by atoms with Gasteiger partial charge in [-0.2, -0.15) is 0 Å². The number of carboxylic acids is 1. The predicted molar refractivity (Wildman–Crippen MR) is 145 cm³/mol. The van der Waals surface area contributed by atoms with E-state index in [0.29, 0.717) is 31.6 Å². The second kappa shape index (κ2) is 13.4. The van der Waals surface area contributed by atoms with Crippen LogP contribution in [0.15, 0.2) is 12.1 Å². The lowest BCUT2D eigenvalue weighted by Crippen LogP contribution is -2.30. The molecular weight excluding hydrogens is 527 g/mol. The molecular formula is C25H34Cl2N2O4S2. The van der Waals surface area contributed by atoms with Gasteiger partial charge in [-0.05, 0) is 103 Å². The zero-order valence-electron chi connectivity index (χ0n) is 20.5. The number of nitrogens with zero attached hydrogens (tertiary/aromatic N) is 2. The molecule has 0 unspecified atom stereocenters. The summed E-state index contributed by atoms with van der Waals surface area (Å²) in [6, 6.07) is 3.29. The first-order valence-corrected chi connectivity index (χ1v) is 14.3. The van der Waals surface area contributed by atoms with Crippen molar-refractivity contribution in [1.82, 2.24) is 9.80 Å². The molecule has 2 aliphatic heterocycles. The van der Waals surface area contributed by atoms with Gasteiger partial charge in [0.05, 0.1) is 17.2 Å². The van der Waals surface area contributed by atoms with Gasteiger partial charge in [0.1, 0.15) is 9.75 Å². The van der Waals surface area contributed by atoms with Crippen molar-refractivity contribution in [2.75, 3.05) is 47.4 Å². The summed E-state index contributed by atoms with van der Waals surface area (Å²) < 4.78 is 4.71. The van der Waals surface area contributed by atoms with Gasteiger partial charge >= 0.3 is 11.9 Å². The van der Waals surface area contributed by atoms with E-state index in [1.807, 2.05) is 0 Å². The van der Waals surface area contributed by atoms with Crippen molar-refractivity contribution in [3.05, 3.63) is 41.7 Å². The molecule has 4 heterocycles. The quantitative estimate of drug-likeness (QED) is 0.433. The number of esters is 1. The SMILES string of the molecule is CN1CCC(Cc2sc(C(=O)O)cc2Cl)CC1.COC(=O)c1cc(Cl)c(CC2CCN(C)CC2)s1. The lowest BCUT2D eigenvalue weighted by molar-refractivity contribution is 0.0605. The monoisotopic (exact) mass is 560 g/mol. The normalized spacial score (nSPS) is 18.2. The highest BCUT2D eigenvalue weighted by atomic mass is 35.5. The molecule has 2 fully saturated rings. The number of halogens is 2. The Balaban J connectivity index is 0.000000196. The van der Waals surface area contributed by atoms with Crippen molar-refractivity contribution in [3.63, 3.8) is 0 Å². The predicted octanol–water partition coefficient (Wildman–Crippen LogP) is 6.06. The molecule has 2 aliphatic rings. The summed E-state index contributed by atoms with van der Waals surface area (Å²) in [5.41, 5.74) is 0. The lowest BCUT2D eigenvalue weighted by atomic mass is 9.93. The van der Waals surface area contributed by atoms with Crippen LogP contribution in [0.5, 0.6) is 0 Å². The van der Waals surface area contributed by atoms with Crippen molar-refractivity contribution in [3.8, 4) is 0 Å². The molecule has 0 saturated carbocycles. The fourth-order valence-corrected chi connectivity index (χ4v) is 7.28. The number of rotatable bonds is 6. The van der Waals surface area contributed by atoms with E-state index in [9.17, 15) is 9.59 Å². The van der Waals surface area contributed by atoms with E-state index in [1.165, 1.54) is 55.5 Å². The topological polar surface area (TPSA) is 70.1 Å². The Morgan fingerprint density at radius 1 is 0.886 bits per heavy atom. The first-order valence-electron chi connectivity index (χ1n) is 11.9. The van der Waals surface area contributed by atoms with Crippen molar-refractivity contribution in [2.24, 2.45) is 11.8 Å². The molecule has 10 heteroatoms. The van der Waals surface area contributed by atoms with E-state index in [0.717, 1.165) is 48.8 Å². The minimum atomic E-state index is -0.883. The highest BCUT2D eigenvalue weighted by Gasteiger charge is 2.22. The van der Waals surface area contributed by atoms with Gasteiger partial charge < -0.3 is 19.6 Å². The maximum atomic E-state index is 11.4. The molecule has 2 aromatic rings. The van der Waals surface area contributed by atoms with Crippen LogP contribution in [-0.2, 0) is 17.6 Å². The molecule has 2 saturated heterocycles. The molecule has 0 atom stereocenters. The number of hydrogen-bond acceptors (Lipinski definition) is 7. The van der Waals surface area contributed by atoms with E-state index in [-0.39, 0.29) is 5.97 Å². The third kappa shape index (κ3) is 8.44. The van der Waals surface area contributed by atoms with Gasteiger partial charge in [0.15, 0.2) is 0 Å².